The third-order valence-corrected chi connectivity index (χ3v) is 1.82. The van der Waals surface area contributed by atoms with E-state index in [1.54, 1.807) is 0 Å². The average molecular weight is 192 g/mol. The van der Waals surface area contributed by atoms with E-state index in [2.05, 4.69) is 0 Å². The Hall–Kier alpha value is -0.570. The van der Waals surface area contributed by atoms with Crippen LogP contribution < -0.4 is 0 Å². The van der Waals surface area contributed by atoms with Crippen LogP contribution in [0.25, 0.3) is 0 Å². The zero-order valence-corrected chi connectivity index (χ0v) is 6.09. The fourth-order valence-electron chi connectivity index (χ4n) is 0.704. The molecule has 0 unspecified atom stereocenters. The second kappa shape index (κ2) is 6.89. The molecule has 0 aromatic heterocycles. The summed E-state index contributed by atoms with van der Waals surface area (Å²) in [5.74, 6) is -0.165. The minimum absolute atomic E-state index is 0. The van der Waals surface area contributed by atoms with Crippen LogP contribution in [0.3, 0.4) is 0 Å². The number of hydrogen-bond donors (Lipinski definition) is 1. The van der Waals surface area contributed by atoms with Crippen molar-refractivity contribution in [3.63, 3.8) is 0 Å². The first-order chi connectivity index (χ1) is 4.69. The van der Waals surface area contributed by atoms with E-state index in [0.29, 0.717) is 0 Å². The van der Waals surface area contributed by atoms with E-state index in [1.165, 1.54) is 0 Å². The molecule has 0 saturated heterocycles. The third kappa shape index (κ3) is 4.88. The molecule has 0 bridgehead atoms. The highest BCUT2D eigenvalue weighted by atomic mass is 16.5. The van der Waals surface area contributed by atoms with Gasteiger partial charge in [0.1, 0.15) is 6.61 Å². The Labute approximate surface area is 82.1 Å². The summed E-state index contributed by atoms with van der Waals surface area (Å²) in [6.07, 6.45) is 1.86. The maximum Gasteiger partial charge on any atom is 0.311 e. The molecule has 3 heteroatoms. The molecular weight excluding hydrogens is 168 g/mol. The molecule has 0 radical (unpaired) electrons. The Morgan fingerprint density at radius 1 is 1.38 bits per heavy atom. The molecule has 0 spiro atoms. The van der Waals surface area contributed by atoms with Crippen molar-refractivity contribution in [3.8, 4) is 0 Å². The molecule has 0 aromatic rings. The van der Waals surface area contributed by atoms with Gasteiger partial charge in [0.2, 0.25) is 0 Å². The van der Waals surface area contributed by atoms with Crippen LogP contribution >= 0.6 is 0 Å². The highest BCUT2D eigenvalue weighted by molar-refractivity contribution is 5.79. The minimum Gasteiger partial charge on any atom is -0.463 e. The number of esters is 1. The Kier molecular flexibility index (Phi) is 9.68. The summed E-state index contributed by atoms with van der Waals surface area (Å²) in [4.78, 5) is 11.0. The predicted molar refractivity (Wildman–Crippen MR) is 55.6 cm³/mol. The van der Waals surface area contributed by atoms with Crippen molar-refractivity contribution in [1.82, 2.24) is 0 Å². The number of aliphatic hydroxyl groups excluding tert-OH is 1. The van der Waals surface area contributed by atoms with Gasteiger partial charge in [-0.05, 0) is 19.8 Å². The summed E-state index contributed by atoms with van der Waals surface area (Å²) in [6, 6.07) is 0. The number of carbonyl (C=O) groups excluding carboxylic acids is 1. The van der Waals surface area contributed by atoms with E-state index in [-0.39, 0.29) is 46.9 Å². The van der Waals surface area contributed by atoms with Gasteiger partial charge in [-0.3, -0.25) is 4.79 Å². The SMILES string of the molecule is C.C.C.CC1(C(=O)OCCO)CC1. The van der Waals surface area contributed by atoms with Gasteiger partial charge in [0, 0.05) is 0 Å². The van der Waals surface area contributed by atoms with Crippen molar-refractivity contribution in [3.05, 3.63) is 0 Å². The zero-order valence-electron chi connectivity index (χ0n) is 6.09. The van der Waals surface area contributed by atoms with Gasteiger partial charge in [0.15, 0.2) is 0 Å². The van der Waals surface area contributed by atoms with Crippen LogP contribution in [0, 0.1) is 5.41 Å². The molecule has 0 amide bonds. The molecule has 1 aliphatic rings. The van der Waals surface area contributed by atoms with Gasteiger partial charge >= 0.3 is 5.97 Å². The lowest BCUT2D eigenvalue weighted by atomic mass is 10.1. The number of hydrogen-bond acceptors (Lipinski definition) is 3. The molecule has 0 aromatic carbocycles. The van der Waals surface area contributed by atoms with E-state index in [9.17, 15) is 4.79 Å². The molecule has 1 saturated carbocycles. The van der Waals surface area contributed by atoms with Crippen LogP contribution in [0.4, 0.5) is 0 Å². The normalized spacial score (nSPS) is 15.5. The number of ether oxygens (including phenoxy) is 1. The van der Waals surface area contributed by atoms with Gasteiger partial charge in [0.25, 0.3) is 0 Å². The molecule has 82 valence electrons. The number of rotatable bonds is 3. The largest absolute Gasteiger partial charge is 0.463 e. The molecule has 13 heavy (non-hydrogen) atoms. The lowest BCUT2D eigenvalue weighted by Crippen LogP contribution is -2.17. The van der Waals surface area contributed by atoms with E-state index >= 15 is 0 Å². The van der Waals surface area contributed by atoms with E-state index in [4.69, 9.17) is 9.84 Å². The smallest absolute Gasteiger partial charge is 0.311 e. The van der Waals surface area contributed by atoms with Crippen LogP contribution in [0.2, 0.25) is 0 Å². The Balaban J connectivity index is -0.000000333. The quantitative estimate of drug-likeness (QED) is 0.697. The van der Waals surface area contributed by atoms with Gasteiger partial charge in [-0.15, -0.1) is 0 Å². The minimum atomic E-state index is -0.213. The summed E-state index contributed by atoms with van der Waals surface area (Å²) < 4.78 is 4.73. The molecule has 3 nitrogen and oxygen atoms in total. The number of aliphatic hydroxyl groups is 1. The van der Waals surface area contributed by atoms with Crippen molar-refractivity contribution in [2.24, 2.45) is 5.41 Å². The van der Waals surface area contributed by atoms with Crippen molar-refractivity contribution >= 4 is 5.97 Å². The Morgan fingerprint density at radius 2 is 1.85 bits per heavy atom. The Morgan fingerprint density at radius 3 is 2.15 bits per heavy atom. The molecule has 1 fully saturated rings. The zero-order chi connectivity index (χ0) is 7.61. The predicted octanol–water partition coefficient (Wildman–Crippen LogP) is 2.23. The molecular formula is C10H24O3. The average Bonchev–Trinajstić information content (AvgIpc) is 2.64. The van der Waals surface area contributed by atoms with Crippen molar-refractivity contribution in [1.29, 1.82) is 0 Å². The lowest BCUT2D eigenvalue weighted by Gasteiger charge is -2.06. The second-order valence-corrected chi connectivity index (χ2v) is 2.92. The van der Waals surface area contributed by atoms with Gasteiger partial charge in [-0.2, -0.15) is 0 Å². The van der Waals surface area contributed by atoms with Crippen LogP contribution in [0.1, 0.15) is 42.0 Å². The molecule has 0 aliphatic heterocycles. The first-order valence-corrected chi connectivity index (χ1v) is 3.47. The van der Waals surface area contributed by atoms with Crippen LogP contribution in [-0.4, -0.2) is 24.3 Å². The van der Waals surface area contributed by atoms with Gasteiger partial charge in [0.05, 0.1) is 12.0 Å². The lowest BCUT2D eigenvalue weighted by molar-refractivity contribution is -0.150. The van der Waals surface area contributed by atoms with Crippen molar-refractivity contribution in [2.75, 3.05) is 13.2 Å². The Bertz CT molecular complexity index is 139. The molecule has 1 N–H and O–H groups in total. The van der Waals surface area contributed by atoms with Gasteiger partial charge in [-0.1, -0.05) is 22.3 Å². The summed E-state index contributed by atoms with van der Waals surface area (Å²) in [7, 11) is 0. The first-order valence-electron chi connectivity index (χ1n) is 3.47. The molecule has 1 aliphatic carbocycles. The molecule has 1 rings (SSSR count). The van der Waals surface area contributed by atoms with Crippen molar-refractivity contribution < 1.29 is 14.6 Å². The highest BCUT2D eigenvalue weighted by Gasteiger charge is 2.46. The van der Waals surface area contributed by atoms with Gasteiger partial charge < -0.3 is 9.84 Å². The molecule has 0 heterocycles. The monoisotopic (exact) mass is 192 g/mol. The topological polar surface area (TPSA) is 46.5 Å². The standard InChI is InChI=1S/C7H12O3.3CH4/c1-7(2-3-7)6(9)10-5-4-8;;;/h8H,2-5H2,1H3;3*1H4. The number of carbonyl (C=O) groups is 1. The fraction of sp³-hybridized carbons (Fsp3) is 0.900. The maximum absolute atomic E-state index is 11.0. The summed E-state index contributed by atoms with van der Waals surface area (Å²) >= 11 is 0. The van der Waals surface area contributed by atoms with E-state index < -0.39 is 0 Å². The highest BCUT2D eigenvalue weighted by Crippen LogP contribution is 2.45. The van der Waals surface area contributed by atoms with Gasteiger partial charge in [-0.25, -0.2) is 0 Å². The summed E-state index contributed by atoms with van der Waals surface area (Å²) in [6.45, 7) is 1.93. The van der Waals surface area contributed by atoms with E-state index in [1.807, 2.05) is 6.92 Å². The summed E-state index contributed by atoms with van der Waals surface area (Å²) in [5, 5.41) is 8.32. The second-order valence-electron chi connectivity index (χ2n) is 2.92. The van der Waals surface area contributed by atoms with Crippen LogP contribution in [-0.2, 0) is 9.53 Å². The first kappa shape index (κ1) is 18.3. The maximum atomic E-state index is 11.0. The van der Waals surface area contributed by atoms with Crippen molar-refractivity contribution in [2.45, 2.75) is 42.0 Å². The van der Waals surface area contributed by atoms with Crippen LogP contribution in [0.5, 0.6) is 0 Å². The van der Waals surface area contributed by atoms with E-state index in [0.717, 1.165) is 12.8 Å². The fourth-order valence-corrected chi connectivity index (χ4v) is 0.704. The summed E-state index contributed by atoms with van der Waals surface area (Å²) in [5.41, 5.74) is -0.213. The van der Waals surface area contributed by atoms with Crippen LogP contribution in [0.15, 0.2) is 0 Å². The molecule has 0 atom stereocenters. The third-order valence-electron chi connectivity index (χ3n) is 1.82.